The van der Waals surface area contributed by atoms with Crippen LogP contribution in [0.4, 0.5) is 10.1 Å². The summed E-state index contributed by atoms with van der Waals surface area (Å²) in [6.45, 7) is 4.96. The molecule has 2 aromatic rings. The predicted octanol–water partition coefficient (Wildman–Crippen LogP) is 4.62. The van der Waals surface area contributed by atoms with Gasteiger partial charge in [-0.3, -0.25) is 9.59 Å². The van der Waals surface area contributed by atoms with E-state index in [1.807, 2.05) is 13.8 Å². The van der Waals surface area contributed by atoms with E-state index in [4.69, 9.17) is 16.3 Å². The number of hydrogen-bond acceptors (Lipinski definition) is 3. The maximum atomic E-state index is 13.7. The van der Waals surface area contributed by atoms with Gasteiger partial charge in [0.1, 0.15) is 0 Å². The Morgan fingerprint density at radius 2 is 1.89 bits per heavy atom. The van der Waals surface area contributed by atoms with E-state index in [9.17, 15) is 14.0 Å². The molecule has 0 fully saturated rings. The van der Waals surface area contributed by atoms with E-state index in [0.717, 1.165) is 0 Å². The first-order valence-corrected chi connectivity index (χ1v) is 9.18. The van der Waals surface area contributed by atoms with Gasteiger partial charge in [0, 0.05) is 24.9 Å². The minimum Gasteiger partial charge on any atom is -0.494 e. The highest BCUT2D eigenvalue weighted by Crippen LogP contribution is 2.23. The SMILES string of the molecule is CCN(CC)C(=O)c1ccc(NC(=O)/C=C/c2ccc(OC)c(F)c2)cc1Cl. The molecule has 0 unspecified atom stereocenters. The van der Waals surface area contributed by atoms with E-state index >= 15 is 0 Å². The smallest absolute Gasteiger partial charge is 0.255 e. The zero-order valence-corrected chi connectivity index (χ0v) is 16.7. The Morgan fingerprint density at radius 1 is 1.18 bits per heavy atom. The highest BCUT2D eigenvalue weighted by atomic mass is 35.5. The number of nitrogens with zero attached hydrogens (tertiary/aromatic N) is 1. The number of benzene rings is 2. The van der Waals surface area contributed by atoms with E-state index in [0.29, 0.717) is 29.9 Å². The van der Waals surface area contributed by atoms with Gasteiger partial charge in [0.15, 0.2) is 11.6 Å². The normalized spacial score (nSPS) is 10.8. The molecule has 0 aliphatic rings. The van der Waals surface area contributed by atoms with Crippen molar-refractivity contribution in [1.82, 2.24) is 4.90 Å². The minimum atomic E-state index is -0.509. The first-order valence-electron chi connectivity index (χ1n) is 8.81. The van der Waals surface area contributed by atoms with Gasteiger partial charge in [0.2, 0.25) is 5.91 Å². The molecule has 28 heavy (non-hydrogen) atoms. The van der Waals surface area contributed by atoms with Crippen LogP contribution in [0.1, 0.15) is 29.8 Å². The zero-order valence-electron chi connectivity index (χ0n) is 16.0. The molecule has 0 saturated heterocycles. The van der Waals surface area contributed by atoms with Crippen LogP contribution in [0.2, 0.25) is 5.02 Å². The van der Waals surface area contributed by atoms with Gasteiger partial charge in [-0.2, -0.15) is 0 Å². The lowest BCUT2D eigenvalue weighted by Gasteiger charge is -2.19. The fraction of sp³-hybridized carbons (Fsp3) is 0.238. The van der Waals surface area contributed by atoms with E-state index in [1.165, 1.54) is 37.5 Å². The quantitative estimate of drug-likeness (QED) is 0.685. The number of hydrogen-bond donors (Lipinski definition) is 1. The molecule has 0 heterocycles. The van der Waals surface area contributed by atoms with Crippen molar-refractivity contribution < 1.29 is 18.7 Å². The molecule has 5 nitrogen and oxygen atoms in total. The standard InChI is InChI=1S/C21H22ClFN2O3/c1-4-25(5-2)21(27)16-9-8-15(13-17(16)22)24-20(26)11-7-14-6-10-19(28-3)18(23)12-14/h6-13H,4-5H2,1-3H3,(H,24,26)/b11-7+. The van der Waals surface area contributed by atoms with Gasteiger partial charge in [0.25, 0.3) is 5.91 Å². The summed E-state index contributed by atoms with van der Waals surface area (Å²) in [5.41, 5.74) is 1.36. The largest absolute Gasteiger partial charge is 0.494 e. The van der Waals surface area contributed by atoms with Gasteiger partial charge in [0.05, 0.1) is 17.7 Å². The number of methoxy groups -OCH3 is 1. The fourth-order valence-electron chi connectivity index (χ4n) is 2.59. The van der Waals surface area contributed by atoms with E-state index in [2.05, 4.69) is 5.32 Å². The maximum absolute atomic E-state index is 13.7. The maximum Gasteiger partial charge on any atom is 0.255 e. The number of amides is 2. The predicted molar refractivity (Wildman–Crippen MR) is 109 cm³/mol. The number of carbonyl (C=O) groups is 2. The van der Waals surface area contributed by atoms with Crippen molar-refractivity contribution in [1.29, 1.82) is 0 Å². The lowest BCUT2D eigenvalue weighted by atomic mass is 10.1. The van der Waals surface area contributed by atoms with Crippen molar-refractivity contribution in [3.8, 4) is 5.75 Å². The third kappa shape index (κ3) is 5.33. The number of halogens is 2. The number of nitrogens with one attached hydrogen (secondary N) is 1. The average molecular weight is 405 g/mol. The number of ether oxygens (including phenoxy) is 1. The Bertz CT molecular complexity index is 895. The molecule has 0 radical (unpaired) electrons. The number of anilines is 1. The summed E-state index contributed by atoms with van der Waals surface area (Å²) in [4.78, 5) is 26.2. The van der Waals surface area contributed by atoms with Crippen LogP contribution in [0, 0.1) is 5.82 Å². The van der Waals surface area contributed by atoms with Gasteiger partial charge >= 0.3 is 0 Å². The van der Waals surface area contributed by atoms with Crippen LogP contribution in [0.15, 0.2) is 42.5 Å². The zero-order chi connectivity index (χ0) is 20.7. The molecule has 1 N–H and O–H groups in total. The van der Waals surface area contributed by atoms with Crippen LogP contribution in [-0.4, -0.2) is 36.9 Å². The Hall–Kier alpha value is -2.86. The van der Waals surface area contributed by atoms with Crippen LogP contribution < -0.4 is 10.1 Å². The van der Waals surface area contributed by atoms with Crippen molar-refractivity contribution in [3.05, 3.63) is 64.4 Å². The Balaban J connectivity index is 2.07. The van der Waals surface area contributed by atoms with Gasteiger partial charge in [-0.15, -0.1) is 0 Å². The van der Waals surface area contributed by atoms with Gasteiger partial charge in [-0.25, -0.2) is 4.39 Å². The molecular formula is C21H22ClFN2O3. The molecule has 0 spiro atoms. The lowest BCUT2D eigenvalue weighted by Crippen LogP contribution is -2.30. The Kier molecular flexibility index (Phi) is 7.58. The second-order valence-electron chi connectivity index (χ2n) is 5.89. The van der Waals surface area contributed by atoms with Gasteiger partial charge in [-0.05, 0) is 55.8 Å². The van der Waals surface area contributed by atoms with Gasteiger partial charge < -0.3 is 15.0 Å². The van der Waals surface area contributed by atoms with Crippen molar-refractivity contribution in [2.75, 3.05) is 25.5 Å². The monoisotopic (exact) mass is 404 g/mol. The average Bonchev–Trinajstić information content (AvgIpc) is 2.67. The molecule has 2 aromatic carbocycles. The van der Waals surface area contributed by atoms with E-state index < -0.39 is 11.7 Å². The second-order valence-corrected chi connectivity index (χ2v) is 6.30. The Labute approximate surface area is 168 Å². The Morgan fingerprint density at radius 3 is 2.46 bits per heavy atom. The van der Waals surface area contributed by atoms with Crippen LogP contribution in [0.5, 0.6) is 5.75 Å². The lowest BCUT2D eigenvalue weighted by molar-refractivity contribution is -0.111. The minimum absolute atomic E-state index is 0.135. The third-order valence-corrected chi connectivity index (χ3v) is 4.43. The summed E-state index contributed by atoms with van der Waals surface area (Å²) in [6.07, 6.45) is 2.77. The highest BCUT2D eigenvalue weighted by Gasteiger charge is 2.16. The number of carbonyl (C=O) groups excluding carboxylic acids is 2. The third-order valence-electron chi connectivity index (χ3n) is 4.12. The first kappa shape index (κ1) is 21.4. The summed E-state index contributed by atoms with van der Waals surface area (Å²) in [5, 5.41) is 2.92. The molecule has 2 amide bonds. The summed E-state index contributed by atoms with van der Waals surface area (Å²) >= 11 is 6.21. The summed E-state index contributed by atoms with van der Waals surface area (Å²) in [6, 6.07) is 9.11. The van der Waals surface area contributed by atoms with Gasteiger partial charge in [-0.1, -0.05) is 17.7 Å². The molecule has 0 atom stereocenters. The fourth-order valence-corrected chi connectivity index (χ4v) is 2.85. The molecule has 0 aliphatic heterocycles. The van der Waals surface area contributed by atoms with Crippen LogP contribution in [0.25, 0.3) is 6.08 Å². The topological polar surface area (TPSA) is 58.6 Å². The van der Waals surface area contributed by atoms with Crippen molar-refractivity contribution >= 4 is 35.2 Å². The second kappa shape index (κ2) is 9.90. The van der Waals surface area contributed by atoms with E-state index in [1.54, 1.807) is 23.1 Å². The summed E-state index contributed by atoms with van der Waals surface area (Å²) in [7, 11) is 1.38. The van der Waals surface area contributed by atoms with Crippen molar-refractivity contribution in [2.45, 2.75) is 13.8 Å². The molecular weight excluding hydrogens is 383 g/mol. The van der Waals surface area contributed by atoms with Crippen LogP contribution in [-0.2, 0) is 4.79 Å². The molecule has 0 aromatic heterocycles. The van der Waals surface area contributed by atoms with E-state index in [-0.39, 0.29) is 16.7 Å². The van der Waals surface area contributed by atoms with Crippen LogP contribution in [0.3, 0.4) is 0 Å². The summed E-state index contributed by atoms with van der Waals surface area (Å²) in [5.74, 6) is -0.940. The molecule has 0 bridgehead atoms. The first-order chi connectivity index (χ1) is 13.4. The summed E-state index contributed by atoms with van der Waals surface area (Å²) < 4.78 is 18.5. The highest BCUT2D eigenvalue weighted by molar-refractivity contribution is 6.34. The molecule has 0 saturated carbocycles. The molecule has 7 heteroatoms. The molecule has 148 valence electrons. The van der Waals surface area contributed by atoms with Crippen molar-refractivity contribution in [2.24, 2.45) is 0 Å². The molecule has 2 rings (SSSR count). The van der Waals surface area contributed by atoms with Crippen molar-refractivity contribution in [3.63, 3.8) is 0 Å². The van der Waals surface area contributed by atoms with Crippen LogP contribution >= 0.6 is 11.6 Å². The molecule has 0 aliphatic carbocycles. The number of rotatable bonds is 7.